The minimum Gasteiger partial charge on any atom is -0.490 e. The highest BCUT2D eigenvalue weighted by atomic mass is 32.2. The number of carbonyl (C=O) groups excluding carboxylic acids is 2. The average Bonchev–Trinajstić information content (AvgIpc) is 3.32. The van der Waals surface area contributed by atoms with Gasteiger partial charge in [-0.15, -0.1) is 0 Å². The molecule has 0 atom stereocenters. The van der Waals surface area contributed by atoms with Crippen molar-refractivity contribution in [1.29, 1.82) is 0 Å². The van der Waals surface area contributed by atoms with Crippen LogP contribution in [-0.2, 0) is 16.1 Å². The molecule has 0 bridgehead atoms. The van der Waals surface area contributed by atoms with Gasteiger partial charge in [-0.1, -0.05) is 54.6 Å². The lowest BCUT2D eigenvalue weighted by Crippen LogP contribution is -2.40. The summed E-state index contributed by atoms with van der Waals surface area (Å²) < 4.78 is 17.5. The molecule has 0 spiro atoms. The quantitative estimate of drug-likeness (QED) is 0.212. The van der Waals surface area contributed by atoms with Crippen LogP contribution in [-0.4, -0.2) is 66.7 Å². The third kappa shape index (κ3) is 6.49. The highest BCUT2D eigenvalue weighted by Gasteiger charge is 2.30. The van der Waals surface area contributed by atoms with Crippen LogP contribution in [0, 0.1) is 0 Å². The van der Waals surface area contributed by atoms with Crippen LogP contribution < -0.4 is 9.47 Å². The average molecular weight is 608 g/mol. The summed E-state index contributed by atoms with van der Waals surface area (Å²) in [5.41, 5.74) is 3.08. The Hall–Kier alpha value is -4.60. The van der Waals surface area contributed by atoms with E-state index in [9.17, 15) is 9.59 Å². The molecule has 4 aromatic rings. The number of ether oxygens (including phenoxy) is 3. The third-order valence-corrected chi connectivity index (χ3v) is 8.51. The summed E-state index contributed by atoms with van der Waals surface area (Å²) in [6, 6.07) is 27.3. The molecule has 0 radical (unpaired) electrons. The van der Waals surface area contributed by atoms with Crippen LogP contribution in [0.5, 0.6) is 11.5 Å². The standard InChI is InChI=1S/C35H33N3O5S/c1-3-42-31-20-24(14-15-30(31)43-23-27-11-6-9-25-8-4-5-13-29(25)27)21-32-34(40)37(2)35(44-32)36-28-12-7-10-26(22-28)33(39)38-16-18-41-19-17-38/h4-15,20-22H,3,16-19,23H2,1-2H3/b32-21+,36-35?. The summed E-state index contributed by atoms with van der Waals surface area (Å²) in [7, 11) is 1.70. The molecule has 0 N–H and O–H groups in total. The van der Waals surface area contributed by atoms with Crippen LogP contribution in [0.2, 0.25) is 0 Å². The number of rotatable bonds is 8. The van der Waals surface area contributed by atoms with Gasteiger partial charge in [-0.05, 0) is 77.0 Å². The number of morpholine rings is 1. The Morgan fingerprint density at radius 1 is 0.955 bits per heavy atom. The molecule has 9 heteroatoms. The van der Waals surface area contributed by atoms with Crippen molar-refractivity contribution in [3.63, 3.8) is 0 Å². The first-order valence-electron chi connectivity index (χ1n) is 14.6. The second kappa shape index (κ2) is 13.4. The summed E-state index contributed by atoms with van der Waals surface area (Å²) in [6.07, 6.45) is 1.83. The van der Waals surface area contributed by atoms with E-state index in [0.717, 1.165) is 16.5 Å². The van der Waals surface area contributed by atoms with Gasteiger partial charge in [0, 0.05) is 25.7 Å². The minimum absolute atomic E-state index is 0.0471. The van der Waals surface area contributed by atoms with Gasteiger partial charge in [-0.3, -0.25) is 14.5 Å². The molecular weight excluding hydrogens is 574 g/mol. The molecule has 2 amide bonds. The number of aliphatic imine (C=N–C) groups is 1. The smallest absolute Gasteiger partial charge is 0.266 e. The van der Waals surface area contributed by atoms with Gasteiger partial charge in [0.05, 0.1) is 30.4 Å². The maximum atomic E-state index is 13.2. The van der Waals surface area contributed by atoms with Crippen molar-refractivity contribution in [2.24, 2.45) is 4.99 Å². The highest BCUT2D eigenvalue weighted by Crippen LogP contribution is 2.36. The number of fused-ring (bicyclic) bond motifs is 1. The van der Waals surface area contributed by atoms with Crippen LogP contribution in [0.4, 0.5) is 5.69 Å². The summed E-state index contributed by atoms with van der Waals surface area (Å²) in [5, 5.41) is 2.86. The van der Waals surface area contributed by atoms with E-state index in [1.165, 1.54) is 22.0 Å². The predicted molar refractivity (Wildman–Crippen MR) is 174 cm³/mol. The summed E-state index contributed by atoms with van der Waals surface area (Å²) in [4.78, 5) is 34.7. The fourth-order valence-electron chi connectivity index (χ4n) is 5.15. The molecule has 4 aromatic carbocycles. The molecule has 0 aromatic heterocycles. The molecule has 0 saturated carbocycles. The second-order valence-corrected chi connectivity index (χ2v) is 11.4. The van der Waals surface area contributed by atoms with Crippen molar-refractivity contribution in [2.75, 3.05) is 40.0 Å². The number of hydrogen-bond acceptors (Lipinski definition) is 7. The van der Waals surface area contributed by atoms with E-state index in [1.54, 1.807) is 24.1 Å². The van der Waals surface area contributed by atoms with Crippen LogP contribution in [0.1, 0.15) is 28.4 Å². The van der Waals surface area contributed by atoms with Crippen LogP contribution in [0.25, 0.3) is 16.8 Å². The third-order valence-electron chi connectivity index (χ3n) is 7.45. The van der Waals surface area contributed by atoms with Crippen molar-refractivity contribution < 1.29 is 23.8 Å². The zero-order valence-electron chi connectivity index (χ0n) is 24.7. The number of nitrogens with zero attached hydrogens (tertiary/aromatic N) is 3. The molecule has 2 aliphatic heterocycles. The van der Waals surface area contributed by atoms with Crippen molar-refractivity contribution in [2.45, 2.75) is 13.5 Å². The van der Waals surface area contributed by atoms with Gasteiger partial charge in [-0.2, -0.15) is 0 Å². The van der Waals surface area contributed by atoms with Gasteiger partial charge in [0.2, 0.25) is 0 Å². The minimum atomic E-state index is -0.150. The lowest BCUT2D eigenvalue weighted by Gasteiger charge is -2.26. The number of amides is 2. The first-order valence-corrected chi connectivity index (χ1v) is 15.4. The number of amidine groups is 1. The zero-order chi connectivity index (χ0) is 30.5. The first kappa shape index (κ1) is 29.5. The highest BCUT2D eigenvalue weighted by molar-refractivity contribution is 8.18. The van der Waals surface area contributed by atoms with E-state index in [1.807, 2.05) is 61.5 Å². The topological polar surface area (TPSA) is 80.7 Å². The zero-order valence-corrected chi connectivity index (χ0v) is 25.5. The SMILES string of the molecule is CCOc1cc(/C=C2/SC(=Nc3cccc(C(=O)N4CCOCC4)c3)N(C)C2=O)ccc1OCc1cccc2ccccc12. The van der Waals surface area contributed by atoms with Gasteiger partial charge in [0.25, 0.3) is 11.8 Å². The Morgan fingerprint density at radius 2 is 1.75 bits per heavy atom. The molecular formula is C35H33N3O5S. The van der Waals surface area contributed by atoms with Crippen molar-refractivity contribution in [1.82, 2.24) is 9.80 Å². The molecule has 0 aliphatic carbocycles. The Morgan fingerprint density at radius 3 is 2.59 bits per heavy atom. The van der Waals surface area contributed by atoms with E-state index >= 15 is 0 Å². The number of likely N-dealkylation sites (N-methyl/N-ethyl adjacent to an activating group) is 1. The molecule has 2 saturated heterocycles. The largest absolute Gasteiger partial charge is 0.490 e. The Kier molecular flexibility index (Phi) is 8.95. The number of thioether (sulfide) groups is 1. The predicted octanol–water partition coefficient (Wildman–Crippen LogP) is 6.52. The molecule has 8 nitrogen and oxygen atoms in total. The molecule has 2 heterocycles. The maximum Gasteiger partial charge on any atom is 0.266 e. The lowest BCUT2D eigenvalue weighted by atomic mass is 10.1. The number of carbonyl (C=O) groups is 2. The normalized spacial score (nSPS) is 17.1. The molecule has 2 aliphatic rings. The summed E-state index contributed by atoms with van der Waals surface area (Å²) in [5.74, 6) is 1.05. The molecule has 0 unspecified atom stereocenters. The summed E-state index contributed by atoms with van der Waals surface area (Å²) in [6.45, 7) is 5.03. The first-order chi connectivity index (χ1) is 21.5. The Labute approximate surface area is 260 Å². The van der Waals surface area contributed by atoms with Gasteiger partial charge in [0.1, 0.15) is 6.61 Å². The van der Waals surface area contributed by atoms with Gasteiger partial charge in [0.15, 0.2) is 16.7 Å². The fraction of sp³-hybridized carbons (Fsp3) is 0.229. The summed E-state index contributed by atoms with van der Waals surface area (Å²) >= 11 is 1.29. The second-order valence-electron chi connectivity index (χ2n) is 10.4. The van der Waals surface area contributed by atoms with Gasteiger partial charge < -0.3 is 19.1 Å². The Balaban J connectivity index is 1.19. The van der Waals surface area contributed by atoms with E-state index in [0.29, 0.717) is 72.3 Å². The van der Waals surface area contributed by atoms with E-state index in [4.69, 9.17) is 19.2 Å². The van der Waals surface area contributed by atoms with Crippen molar-refractivity contribution in [3.05, 3.63) is 107 Å². The van der Waals surface area contributed by atoms with Crippen LogP contribution in [0.3, 0.4) is 0 Å². The van der Waals surface area contributed by atoms with Gasteiger partial charge >= 0.3 is 0 Å². The van der Waals surface area contributed by atoms with E-state index in [-0.39, 0.29) is 11.8 Å². The molecule has 44 heavy (non-hydrogen) atoms. The van der Waals surface area contributed by atoms with Crippen molar-refractivity contribution in [3.8, 4) is 11.5 Å². The van der Waals surface area contributed by atoms with E-state index in [2.05, 4.69) is 24.3 Å². The van der Waals surface area contributed by atoms with Crippen LogP contribution >= 0.6 is 11.8 Å². The monoisotopic (exact) mass is 607 g/mol. The van der Waals surface area contributed by atoms with Gasteiger partial charge in [-0.25, -0.2) is 4.99 Å². The molecule has 2 fully saturated rings. The fourth-order valence-corrected chi connectivity index (χ4v) is 6.13. The van der Waals surface area contributed by atoms with E-state index < -0.39 is 0 Å². The number of benzene rings is 4. The lowest BCUT2D eigenvalue weighted by molar-refractivity contribution is -0.121. The molecule has 224 valence electrons. The molecule has 6 rings (SSSR count). The van der Waals surface area contributed by atoms with Crippen LogP contribution in [0.15, 0.2) is 94.8 Å². The Bertz CT molecular complexity index is 1760. The maximum absolute atomic E-state index is 13.2. The van der Waals surface area contributed by atoms with Crippen molar-refractivity contribution >= 4 is 51.3 Å². The number of hydrogen-bond donors (Lipinski definition) is 0.